The molecule has 1 aliphatic heterocycles. The molecule has 0 bridgehead atoms. The van der Waals surface area contributed by atoms with Crippen molar-refractivity contribution >= 4 is 6.09 Å². The lowest BCUT2D eigenvalue weighted by molar-refractivity contribution is -0.138. The minimum atomic E-state index is -4.45. The zero-order valence-corrected chi connectivity index (χ0v) is 8.97. The first-order valence-electron chi connectivity index (χ1n) is 4.94. The van der Waals surface area contributed by atoms with Gasteiger partial charge in [0, 0.05) is 0 Å². The fourth-order valence-electron chi connectivity index (χ4n) is 1.86. The van der Waals surface area contributed by atoms with Gasteiger partial charge in [-0.3, -0.25) is 0 Å². The van der Waals surface area contributed by atoms with Crippen LogP contribution in [0.25, 0.3) is 0 Å². The fraction of sp³-hybridized carbons (Fsp3) is 0.364. The van der Waals surface area contributed by atoms with Crippen molar-refractivity contribution in [1.82, 2.24) is 5.32 Å². The number of rotatable bonds is 1. The Hall–Kier alpha value is -1.72. The van der Waals surface area contributed by atoms with E-state index >= 15 is 0 Å². The van der Waals surface area contributed by atoms with Crippen LogP contribution in [-0.2, 0) is 16.5 Å². The van der Waals surface area contributed by atoms with Crippen molar-refractivity contribution in [2.45, 2.75) is 18.6 Å². The Labute approximate surface area is 95.6 Å². The summed E-state index contributed by atoms with van der Waals surface area (Å²) in [5.41, 5.74) is -1.88. The van der Waals surface area contributed by atoms with Gasteiger partial charge in [-0.05, 0) is 18.6 Å². The number of alkyl halides is 3. The number of hydrogen-bond donors (Lipinski definition) is 1. The van der Waals surface area contributed by atoms with Crippen LogP contribution in [0.1, 0.15) is 18.1 Å². The van der Waals surface area contributed by atoms with E-state index in [2.05, 4.69) is 10.1 Å². The summed E-state index contributed by atoms with van der Waals surface area (Å²) in [4.78, 5) is 11.0. The average Bonchev–Trinajstić information content (AvgIpc) is 2.59. The van der Waals surface area contributed by atoms with E-state index in [1.807, 2.05) is 0 Å². The van der Waals surface area contributed by atoms with Crippen LogP contribution in [0.3, 0.4) is 0 Å². The van der Waals surface area contributed by atoms with E-state index in [0.29, 0.717) is 0 Å². The number of carbonyl (C=O) groups is 1. The van der Waals surface area contributed by atoms with Crippen molar-refractivity contribution in [2.75, 3.05) is 6.61 Å². The Morgan fingerprint density at radius 3 is 2.53 bits per heavy atom. The highest BCUT2D eigenvalue weighted by molar-refractivity contribution is 5.71. The second-order valence-electron chi connectivity index (χ2n) is 4.08. The number of amides is 1. The number of hydrogen-bond acceptors (Lipinski definition) is 2. The molecule has 1 saturated heterocycles. The minimum Gasteiger partial charge on any atom is -0.447 e. The number of benzene rings is 1. The van der Waals surface area contributed by atoms with Gasteiger partial charge in [0.1, 0.15) is 12.1 Å². The van der Waals surface area contributed by atoms with E-state index in [-0.39, 0.29) is 12.2 Å². The largest absolute Gasteiger partial charge is 0.447 e. The third-order valence-corrected chi connectivity index (χ3v) is 2.70. The zero-order chi connectivity index (χ0) is 12.7. The molecule has 2 rings (SSSR count). The summed E-state index contributed by atoms with van der Waals surface area (Å²) < 4.78 is 43.1. The molecule has 1 fully saturated rings. The van der Waals surface area contributed by atoms with Crippen molar-refractivity contribution < 1.29 is 22.7 Å². The van der Waals surface area contributed by atoms with Crippen LogP contribution in [0.5, 0.6) is 0 Å². The van der Waals surface area contributed by atoms with Gasteiger partial charge in [-0.25, -0.2) is 4.79 Å². The van der Waals surface area contributed by atoms with E-state index in [1.165, 1.54) is 25.1 Å². The maximum atomic E-state index is 12.8. The summed E-state index contributed by atoms with van der Waals surface area (Å²) in [6, 6.07) is 5.15. The van der Waals surface area contributed by atoms with E-state index in [9.17, 15) is 18.0 Å². The third-order valence-electron chi connectivity index (χ3n) is 2.70. The van der Waals surface area contributed by atoms with Gasteiger partial charge in [-0.2, -0.15) is 13.2 Å². The van der Waals surface area contributed by atoms with Gasteiger partial charge in [0.2, 0.25) is 0 Å². The smallest absolute Gasteiger partial charge is 0.416 e. The lowest BCUT2D eigenvalue weighted by Crippen LogP contribution is -2.39. The predicted octanol–water partition coefficient (Wildman–Crippen LogP) is 2.66. The number of cyclic esters (lactones) is 1. The Kier molecular flexibility index (Phi) is 2.52. The molecular formula is C11H10F3NO2. The first kappa shape index (κ1) is 11.8. The highest BCUT2D eigenvalue weighted by Crippen LogP contribution is 2.37. The number of nitrogens with one attached hydrogen (secondary N) is 1. The summed E-state index contributed by atoms with van der Waals surface area (Å²) >= 11 is 0. The molecule has 1 N–H and O–H groups in total. The number of alkyl carbamates (subject to hydrolysis) is 1. The molecule has 0 aliphatic carbocycles. The van der Waals surface area contributed by atoms with Crippen LogP contribution < -0.4 is 5.32 Å². The van der Waals surface area contributed by atoms with Crippen LogP contribution in [0.4, 0.5) is 18.0 Å². The minimum absolute atomic E-state index is 0.0124. The molecule has 1 aliphatic rings. The summed E-state index contributed by atoms with van der Waals surface area (Å²) in [6.07, 6.45) is -5.16. The summed E-state index contributed by atoms with van der Waals surface area (Å²) in [5.74, 6) is 0. The molecule has 1 amide bonds. The van der Waals surface area contributed by atoms with Crippen molar-refractivity contribution in [2.24, 2.45) is 0 Å². The average molecular weight is 245 g/mol. The maximum Gasteiger partial charge on any atom is 0.416 e. The van der Waals surface area contributed by atoms with Gasteiger partial charge in [0.15, 0.2) is 0 Å². The first-order chi connectivity index (χ1) is 7.83. The van der Waals surface area contributed by atoms with Gasteiger partial charge in [0.05, 0.1) is 5.56 Å². The lowest BCUT2D eigenvalue weighted by Gasteiger charge is -2.25. The van der Waals surface area contributed by atoms with E-state index in [1.54, 1.807) is 0 Å². The van der Waals surface area contributed by atoms with Crippen LogP contribution in [0.2, 0.25) is 0 Å². The topological polar surface area (TPSA) is 38.3 Å². The first-order valence-corrected chi connectivity index (χ1v) is 4.94. The molecule has 6 heteroatoms. The van der Waals surface area contributed by atoms with E-state index in [4.69, 9.17) is 0 Å². The predicted molar refractivity (Wildman–Crippen MR) is 53.3 cm³/mol. The summed E-state index contributed by atoms with van der Waals surface area (Å²) in [7, 11) is 0. The Morgan fingerprint density at radius 2 is 2.00 bits per heavy atom. The molecule has 1 aromatic rings. The Morgan fingerprint density at radius 1 is 1.35 bits per heavy atom. The van der Waals surface area contributed by atoms with Crippen LogP contribution in [0.15, 0.2) is 24.3 Å². The van der Waals surface area contributed by atoms with Gasteiger partial charge >= 0.3 is 12.3 Å². The monoisotopic (exact) mass is 245 g/mol. The number of carbonyl (C=O) groups excluding carboxylic acids is 1. The van der Waals surface area contributed by atoms with Crippen molar-refractivity contribution in [3.05, 3.63) is 35.4 Å². The molecule has 1 unspecified atom stereocenters. The fourth-order valence-corrected chi connectivity index (χ4v) is 1.86. The second-order valence-corrected chi connectivity index (χ2v) is 4.08. The molecular weight excluding hydrogens is 235 g/mol. The third kappa shape index (κ3) is 2.07. The highest BCUT2D eigenvalue weighted by atomic mass is 19.4. The zero-order valence-electron chi connectivity index (χ0n) is 8.97. The second kappa shape index (κ2) is 3.65. The lowest BCUT2D eigenvalue weighted by atomic mass is 9.89. The van der Waals surface area contributed by atoms with Crippen molar-refractivity contribution in [1.29, 1.82) is 0 Å². The Balaban J connectivity index is 2.49. The molecule has 17 heavy (non-hydrogen) atoms. The highest BCUT2D eigenvalue weighted by Gasteiger charge is 2.43. The van der Waals surface area contributed by atoms with Crippen LogP contribution in [0, 0.1) is 0 Å². The quantitative estimate of drug-likeness (QED) is 0.826. The SMILES string of the molecule is CC1(c2ccccc2C(F)(F)F)COC(=O)N1. The summed E-state index contributed by atoms with van der Waals surface area (Å²) in [5, 5.41) is 2.40. The van der Waals surface area contributed by atoms with Gasteiger partial charge < -0.3 is 10.1 Å². The molecule has 0 aromatic heterocycles. The number of halogens is 3. The van der Waals surface area contributed by atoms with Crippen LogP contribution in [-0.4, -0.2) is 12.7 Å². The molecule has 0 saturated carbocycles. The normalized spacial score (nSPS) is 24.4. The van der Waals surface area contributed by atoms with E-state index in [0.717, 1.165) is 6.07 Å². The van der Waals surface area contributed by atoms with E-state index < -0.39 is 23.4 Å². The number of ether oxygens (including phenoxy) is 1. The molecule has 1 heterocycles. The van der Waals surface area contributed by atoms with Crippen molar-refractivity contribution in [3.8, 4) is 0 Å². The maximum absolute atomic E-state index is 12.8. The van der Waals surface area contributed by atoms with Crippen LogP contribution >= 0.6 is 0 Å². The van der Waals surface area contributed by atoms with Crippen molar-refractivity contribution in [3.63, 3.8) is 0 Å². The summed E-state index contributed by atoms with van der Waals surface area (Å²) in [6.45, 7) is 1.39. The molecule has 1 atom stereocenters. The molecule has 92 valence electrons. The molecule has 3 nitrogen and oxygen atoms in total. The molecule has 0 spiro atoms. The van der Waals surface area contributed by atoms with Gasteiger partial charge in [-0.1, -0.05) is 18.2 Å². The van der Waals surface area contributed by atoms with Gasteiger partial charge in [-0.15, -0.1) is 0 Å². The van der Waals surface area contributed by atoms with Gasteiger partial charge in [0.25, 0.3) is 0 Å². The molecule has 1 aromatic carbocycles. The standard InChI is InChI=1S/C11H10F3NO2/c1-10(6-17-9(16)15-10)7-4-2-3-5-8(7)11(12,13)14/h2-5H,6H2,1H3,(H,15,16). The Bertz CT molecular complexity index is 458. The molecule has 0 radical (unpaired) electrons.